The average Bonchev–Trinajstić information content (AvgIpc) is 2.84. The van der Waals surface area contributed by atoms with Crippen LogP contribution in [-0.4, -0.2) is 46.2 Å². The molecule has 186 valence electrons. The molecule has 0 radical (unpaired) electrons. The molecule has 0 spiro atoms. The topological polar surface area (TPSA) is 61.8 Å². The quantitative estimate of drug-likeness (QED) is 0.0898. The summed E-state index contributed by atoms with van der Waals surface area (Å²) >= 11 is 0. The summed E-state index contributed by atoms with van der Waals surface area (Å²) < 4.78 is 19.4. The molecule has 1 unspecified atom stereocenters. The first kappa shape index (κ1) is 29.6. The van der Waals surface area contributed by atoms with E-state index in [4.69, 9.17) is 20.0 Å². The summed E-state index contributed by atoms with van der Waals surface area (Å²) in [6.45, 7) is 15.1. The number of ether oxygens (including phenoxy) is 1. The first-order valence-electron chi connectivity index (χ1n) is 12.5. The van der Waals surface area contributed by atoms with Crippen molar-refractivity contribution in [2.75, 3.05) is 0 Å². The van der Waals surface area contributed by atoms with Gasteiger partial charge in [0.2, 0.25) is 5.78 Å². The molecule has 1 aliphatic rings. The van der Waals surface area contributed by atoms with Gasteiger partial charge in [-0.25, -0.2) is 4.79 Å². The fraction of sp³-hybridized carbons (Fsp3) is 0.692. The van der Waals surface area contributed by atoms with Crippen LogP contribution in [-0.2, 0) is 23.2 Å². The second-order valence-electron chi connectivity index (χ2n) is 9.12. The second kappa shape index (κ2) is 13.4. The molecule has 0 aromatic rings. The van der Waals surface area contributed by atoms with Gasteiger partial charge in [-0.1, -0.05) is 53.7 Å². The number of Topliss-reactive ketones (excluding diaryl/α,β-unsaturated/α-hetero) is 1. The third-order valence-electron chi connectivity index (χ3n) is 7.40. The summed E-state index contributed by atoms with van der Waals surface area (Å²) in [7, 11) is -4.15. The number of cyclic esters (lactones) is 1. The zero-order chi connectivity index (χ0) is 25.1. The maximum atomic E-state index is 12.5. The molecule has 0 aromatic carbocycles. The van der Waals surface area contributed by atoms with E-state index in [1.807, 2.05) is 25.2 Å². The van der Waals surface area contributed by atoms with Gasteiger partial charge in [0.05, 0.1) is 11.7 Å². The van der Waals surface area contributed by atoms with Crippen LogP contribution in [0.5, 0.6) is 0 Å². The molecule has 0 aromatic heterocycles. The fourth-order valence-corrected chi connectivity index (χ4v) is 10.5. The molecule has 0 aliphatic carbocycles. The van der Waals surface area contributed by atoms with Gasteiger partial charge in [0.25, 0.3) is 0 Å². The van der Waals surface area contributed by atoms with Gasteiger partial charge in [-0.3, -0.25) is 4.79 Å². The molecule has 0 fully saturated rings. The van der Waals surface area contributed by atoms with Crippen molar-refractivity contribution in [3.05, 3.63) is 24.3 Å². The minimum Gasteiger partial charge on any atom is -0.455 e. The van der Waals surface area contributed by atoms with Gasteiger partial charge in [-0.2, -0.15) is 0 Å². The maximum Gasteiger partial charge on any atom is 0.331 e. The third kappa shape index (κ3) is 8.06. The smallest absolute Gasteiger partial charge is 0.331 e. The summed E-state index contributed by atoms with van der Waals surface area (Å²) in [4.78, 5) is 24.2. The van der Waals surface area contributed by atoms with Crippen LogP contribution in [0.25, 0.3) is 0 Å². The SMILES string of the molecule is C#CC(=O)C[C@@H](O[Si](CC)(CC)CC)[C@@](C)(/C=C/C1CC=CC(=O)O1)O[Si](CC)(CC)CC. The van der Waals surface area contributed by atoms with Crippen molar-refractivity contribution < 1.29 is 23.2 Å². The molecular formula is C26H44O5Si2. The number of carbonyl (C=O) groups is 2. The summed E-state index contributed by atoms with van der Waals surface area (Å²) in [5, 5.41) is 0. The Morgan fingerprint density at radius 2 is 1.70 bits per heavy atom. The number of hydrogen-bond acceptors (Lipinski definition) is 5. The van der Waals surface area contributed by atoms with Gasteiger partial charge in [-0.15, -0.1) is 6.42 Å². The van der Waals surface area contributed by atoms with E-state index >= 15 is 0 Å². The number of ketones is 1. The number of hydrogen-bond donors (Lipinski definition) is 0. The molecule has 0 saturated carbocycles. The second-order valence-corrected chi connectivity index (χ2v) is 18.5. The van der Waals surface area contributed by atoms with Gasteiger partial charge in [-0.05, 0) is 55.2 Å². The molecule has 5 nitrogen and oxygen atoms in total. The van der Waals surface area contributed by atoms with Crippen LogP contribution in [0.15, 0.2) is 24.3 Å². The molecule has 0 N–H and O–H groups in total. The number of rotatable bonds is 15. The zero-order valence-corrected chi connectivity index (χ0v) is 23.7. The highest BCUT2D eigenvalue weighted by atomic mass is 28.4. The van der Waals surface area contributed by atoms with E-state index in [0.717, 1.165) is 36.3 Å². The van der Waals surface area contributed by atoms with E-state index < -0.39 is 28.3 Å². The third-order valence-corrected chi connectivity index (χ3v) is 16.8. The van der Waals surface area contributed by atoms with Crippen molar-refractivity contribution in [1.82, 2.24) is 0 Å². The lowest BCUT2D eigenvalue weighted by molar-refractivity contribution is -0.141. The normalized spacial score (nSPS) is 19.7. The predicted octanol–water partition coefficient (Wildman–Crippen LogP) is 6.18. The van der Waals surface area contributed by atoms with Crippen LogP contribution < -0.4 is 0 Å². The summed E-state index contributed by atoms with van der Waals surface area (Å²) in [6.07, 6.45) is 12.5. The lowest BCUT2D eigenvalue weighted by Crippen LogP contribution is -2.55. The van der Waals surface area contributed by atoms with Crippen LogP contribution in [0.1, 0.15) is 61.3 Å². The Hall–Kier alpha value is -1.47. The number of esters is 1. The van der Waals surface area contributed by atoms with Crippen molar-refractivity contribution in [3.63, 3.8) is 0 Å². The van der Waals surface area contributed by atoms with Crippen LogP contribution in [0.3, 0.4) is 0 Å². The number of carbonyl (C=O) groups excluding carboxylic acids is 2. The van der Waals surface area contributed by atoms with Crippen LogP contribution in [0.4, 0.5) is 0 Å². The van der Waals surface area contributed by atoms with Gasteiger partial charge >= 0.3 is 5.97 Å². The lowest BCUT2D eigenvalue weighted by Gasteiger charge is -2.46. The standard InChI is InChI=1S/C26H44O5Si2/c1-9-22(27)21-24(30-32(10-2,11-3)12-4)26(8,31-33(13-5,14-6)15-7)20-19-23-17-16-18-25(28)29-23/h1,16,18-20,23-24H,10-15,17,21H2,2-8H3/b20-19+/t23?,24-,26-/m1/s1. The molecule has 0 bridgehead atoms. The molecule has 0 amide bonds. The van der Waals surface area contributed by atoms with E-state index in [9.17, 15) is 9.59 Å². The first-order chi connectivity index (χ1) is 15.6. The Bertz CT molecular complexity index is 730. The predicted molar refractivity (Wildman–Crippen MR) is 140 cm³/mol. The molecule has 1 rings (SSSR count). The highest BCUT2D eigenvalue weighted by molar-refractivity contribution is 6.74. The Morgan fingerprint density at radius 1 is 1.15 bits per heavy atom. The highest BCUT2D eigenvalue weighted by Crippen LogP contribution is 2.36. The van der Waals surface area contributed by atoms with Gasteiger partial charge in [0.15, 0.2) is 16.6 Å². The maximum absolute atomic E-state index is 12.5. The monoisotopic (exact) mass is 492 g/mol. The minimum absolute atomic E-state index is 0.109. The summed E-state index contributed by atoms with van der Waals surface area (Å²) in [5.74, 6) is 1.65. The van der Waals surface area contributed by atoms with Crippen LogP contribution in [0.2, 0.25) is 36.3 Å². The highest BCUT2D eigenvalue weighted by Gasteiger charge is 2.46. The Labute approximate surface area is 203 Å². The lowest BCUT2D eigenvalue weighted by atomic mass is 9.93. The summed E-state index contributed by atoms with van der Waals surface area (Å²) in [6, 6.07) is 5.80. The van der Waals surface area contributed by atoms with Crippen molar-refractivity contribution in [3.8, 4) is 12.3 Å². The van der Waals surface area contributed by atoms with Gasteiger partial charge in [0.1, 0.15) is 6.10 Å². The van der Waals surface area contributed by atoms with Gasteiger partial charge < -0.3 is 13.6 Å². The molecule has 1 heterocycles. The fourth-order valence-electron chi connectivity index (χ4n) is 4.48. The summed E-state index contributed by atoms with van der Waals surface area (Å²) in [5.41, 5.74) is -0.855. The molecule has 1 aliphatic heterocycles. The van der Waals surface area contributed by atoms with Crippen LogP contribution >= 0.6 is 0 Å². The van der Waals surface area contributed by atoms with E-state index in [1.165, 1.54) is 6.08 Å². The van der Waals surface area contributed by atoms with E-state index in [-0.39, 0.29) is 24.3 Å². The molecular weight excluding hydrogens is 448 g/mol. The molecule has 33 heavy (non-hydrogen) atoms. The van der Waals surface area contributed by atoms with Crippen LogP contribution in [0, 0.1) is 12.3 Å². The van der Waals surface area contributed by atoms with E-state index in [0.29, 0.717) is 6.42 Å². The Morgan fingerprint density at radius 3 is 2.15 bits per heavy atom. The van der Waals surface area contributed by atoms with E-state index in [2.05, 4.69) is 47.5 Å². The van der Waals surface area contributed by atoms with Crippen molar-refractivity contribution in [2.45, 2.75) is 115 Å². The van der Waals surface area contributed by atoms with Gasteiger partial charge in [0, 0.05) is 18.9 Å². The van der Waals surface area contributed by atoms with E-state index in [1.54, 1.807) is 0 Å². The van der Waals surface area contributed by atoms with Crippen molar-refractivity contribution >= 4 is 28.4 Å². The largest absolute Gasteiger partial charge is 0.455 e. The Kier molecular flexibility index (Phi) is 12.0. The number of terminal acetylenes is 1. The molecule has 0 saturated heterocycles. The molecule has 3 atom stereocenters. The Balaban J connectivity index is 3.52. The van der Waals surface area contributed by atoms with Crippen molar-refractivity contribution in [1.29, 1.82) is 0 Å². The molecule has 7 heteroatoms. The zero-order valence-electron chi connectivity index (χ0n) is 21.7. The average molecular weight is 493 g/mol. The first-order valence-corrected chi connectivity index (χ1v) is 17.6. The minimum atomic E-state index is -2.08. The van der Waals surface area contributed by atoms with Crippen molar-refractivity contribution in [2.24, 2.45) is 0 Å².